The average Bonchev–Trinajstić information content (AvgIpc) is 2.56. The van der Waals surface area contributed by atoms with Crippen molar-refractivity contribution in [3.8, 4) is 0 Å². The van der Waals surface area contributed by atoms with E-state index in [1.165, 1.54) is 24.8 Å². The fourth-order valence-corrected chi connectivity index (χ4v) is 3.55. The van der Waals surface area contributed by atoms with Crippen molar-refractivity contribution in [1.29, 1.82) is 0 Å². The van der Waals surface area contributed by atoms with E-state index >= 15 is 0 Å². The van der Waals surface area contributed by atoms with E-state index in [1.807, 2.05) is 24.3 Å². The molecule has 0 unspecified atom stereocenters. The smallest absolute Gasteiger partial charge is 0.173 e. The van der Waals surface area contributed by atoms with Gasteiger partial charge in [0, 0.05) is 23.8 Å². The maximum atomic E-state index is 6.01. The maximum absolute atomic E-state index is 6.01. The molecule has 0 atom stereocenters. The average molecular weight is 345 g/mol. The minimum Gasteiger partial charge on any atom is -0.349 e. The van der Waals surface area contributed by atoms with E-state index < -0.39 is 0 Å². The van der Waals surface area contributed by atoms with Crippen molar-refractivity contribution in [3.05, 3.63) is 65.2 Å². The summed E-state index contributed by atoms with van der Waals surface area (Å²) in [6.45, 7) is 2.04. The first kappa shape index (κ1) is 16.3. The Morgan fingerprint density at radius 3 is 2.52 bits per heavy atom. The zero-order valence-electron chi connectivity index (χ0n) is 13.0. The predicted octanol–water partition coefficient (Wildman–Crippen LogP) is 4.99. The molecule has 0 amide bonds. The predicted molar refractivity (Wildman–Crippen MR) is 102 cm³/mol. The second-order valence-electron chi connectivity index (χ2n) is 6.06. The molecule has 0 aromatic heterocycles. The minimum absolute atomic E-state index is 0.722. The lowest BCUT2D eigenvalue weighted by Crippen LogP contribution is -2.41. The van der Waals surface area contributed by atoms with Gasteiger partial charge in [-0.05, 0) is 61.2 Å². The van der Waals surface area contributed by atoms with Gasteiger partial charge < -0.3 is 10.2 Å². The molecule has 2 nitrogen and oxygen atoms in total. The third kappa shape index (κ3) is 4.69. The molecule has 3 rings (SSSR count). The highest BCUT2D eigenvalue weighted by molar-refractivity contribution is 7.80. The van der Waals surface area contributed by atoms with Crippen molar-refractivity contribution in [2.75, 3.05) is 18.4 Å². The zero-order valence-corrected chi connectivity index (χ0v) is 14.6. The number of anilines is 1. The van der Waals surface area contributed by atoms with E-state index in [-0.39, 0.29) is 0 Å². The second kappa shape index (κ2) is 7.80. The Hall–Kier alpha value is -1.58. The van der Waals surface area contributed by atoms with E-state index in [9.17, 15) is 0 Å². The first-order valence-corrected chi connectivity index (χ1v) is 8.85. The fraction of sp³-hybridized carbons (Fsp3) is 0.316. The molecule has 23 heavy (non-hydrogen) atoms. The van der Waals surface area contributed by atoms with Gasteiger partial charge in [0.1, 0.15) is 0 Å². The van der Waals surface area contributed by atoms with Crippen molar-refractivity contribution in [1.82, 2.24) is 4.90 Å². The Bertz CT molecular complexity index is 651. The number of piperidine rings is 1. The van der Waals surface area contributed by atoms with E-state index in [2.05, 4.69) is 40.5 Å². The number of rotatable bonds is 3. The molecule has 1 N–H and O–H groups in total. The zero-order chi connectivity index (χ0) is 16.1. The number of hydrogen-bond donors (Lipinski definition) is 1. The molecule has 2 aromatic carbocycles. The van der Waals surface area contributed by atoms with E-state index in [0.717, 1.165) is 34.8 Å². The molecular weight excluding hydrogens is 324 g/mol. The van der Waals surface area contributed by atoms with E-state index in [4.69, 9.17) is 23.8 Å². The molecule has 1 heterocycles. The Kier molecular flexibility index (Phi) is 5.52. The summed E-state index contributed by atoms with van der Waals surface area (Å²) in [5.41, 5.74) is 2.39. The van der Waals surface area contributed by atoms with Gasteiger partial charge in [0.05, 0.1) is 0 Å². The Labute approximate surface area is 148 Å². The van der Waals surface area contributed by atoms with Gasteiger partial charge in [-0.3, -0.25) is 0 Å². The maximum Gasteiger partial charge on any atom is 0.173 e. The van der Waals surface area contributed by atoms with Crippen LogP contribution in [-0.2, 0) is 6.42 Å². The van der Waals surface area contributed by atoms with Crippen LogP contribution in [0, 0.1) is 5.92 Å². The van der Waals surface area contributed by atoms with Gasteiger partial charge in [0.25, 0.3) is 0 Å². The topological polar surface area (TPSA) is 15.3 Å². The molecule has 1 saturated heterocycles. The Morgan fingerprint density at radius 2 is 1.83 bits per heavy atom. The Balaban J connectivity index is 1.49. The van der Waals surface area contributed by atoms with Crippen LogP contribution in [0.2, 0.25) is 5.02 Å². The van der Waals surface area contributed by atoms with Crippen molar-refractivity contribution in [3.63, 3.8) is 0 Å². The van der Waals surface area contributed by atoms with Crippen molar-refractivity contribution in [2.24, 2.45) is 5.92 Å². The van der Waals surface area contributed by atoms with Gasteiger partial charge in [0.2, 0.25) is 0 Å². The van der Waals surface area contributed by atoms with Crippen LogP contribution in [0.4, 0.5) is 5.69 Å². The van der Waals surface area contributed by atoms with Crippen molar-refractivity contribution >= 4 is 34.6 Å². The molecule has 4 heteroatoms. The highest BCUT2D eigenvalue weighted by Crippen LogP contribution is 2.23. The first-order chi connectivity index (χ1) is 11.2. The standard InChI is InChI=1S/C19H21ClN2S/c20-17-7-4-8-18(14-17)21-19(23)22-11-9-16(10-12-22)13-15-5-2-1-3-6-15/h1-8,14,16H,9-13H2,(H,21,23). The highest BCUT2D eigenvalue weighted by atomic mass is 35.5. The summed E-state index contributed by atoms with van der Waals surface area (Å²) in [7, 11) is 0. The summed E-state index contributed by atoms with van der Waals surface area (Å²) >= 11 is 11.6. The number of nitrogens with zero attached hydrogens (tertiary/aromatic N) is 1. The monoisotopic (exact) mass is 344 g/mol. The summed E-state index contributed by atoms with van der Waals surface area (Å²) < 4.78 is 0. The van der Waals surface area contributed by atoms with Crippen LogP contribution in [0.25, 0.3) is 0 Å². The molecule has 0 aliphatic carbocycles. The van der Waals surface area contributed by atoms with Gasteiger partial charge in [0.15, 0.2) is 5.11 Å². The van der Waals surface area contributed by atoms with Crippen LogP contribution in [0.3, 0.4) is 0 Å². The third-order valence-corrected chi connectivity index (χ3v) is 4.94. The van der Waals surface area contributed by atoms with Crippen molar-refractivity contribution < 1.29 is 0 Å². The van der Waals surface area contributed by atoms with E-state index in [1.54, 1.807) is 0 Å². The Morgan fingerprint density at radius 1 is 1.09 bits per heavy atom. The molecule has 120 valence electrons. The van der Waals surface area contributed by atoms with Crippen LogP contribution in [0.5, 0.6) is 0 Å². The van der Waals surface area contributed by atoms with Crippen LogP contribution in [0.15, 0.2) is 54.6 Å². The van der Waals surface area contributed by atoms with Gasteiger partial charge in [-0.25, -0.2) is 0 Å². The minimum atomic E-state index is 0.722. The highest BCUT2D eigenvalue weighted by Gasteiger charge is 2.21. The molecule has 1 fully saturated rings. The number of halogens is 1. The molecule has 0 bridgehead atoms. The van der Waals surface area contributed by atoms with Gasteiger partial charge in [-0.2, -0.15) is 0 Å². The molecule has 1 aliphatic heterocycles. The lowest BCUT2D eigenvalue weighted by molar-refractivity contribution is 0.268. The van der Waals surface area contributed by atoms with Gasteiger partial charge >= 0.3 is 0 Å². The normalized spacial score (nSPS) is 15.4. The van der Waals surface area contributed by atoms with Crippen LogP contribution >= 0.6 is 23.8 Å². The summed E-state index contributed by atoms with van der Waals surface area (Å²) in [5, 5.41) is 4.81. The molecule has 1 aliphatic rings. The fourth-order valence-electron chi connectivity index (χ4n) is 3.06. The molecule has 2 aromatic rings. The number of likely N-dealkylation sites (tertiary alicyclic amines) is 1. The molecule has 0 saturated carbocycles. The number of nitrogens with one attached hydrogen (secondary N) is 1. The number of thiocarbonyl (C=S) groups is 1. The lowest BCUT2D eigenvalue weighted by atomic mass is 9.90. The summed E-state index contributed by atoms with van der Waals surface area (Å²) in [6, 6.07) is 18.4. The quantitative estimate of drug-likeness (QED) is 0.789. The third-order valence-electron chi connectivity index (χ3n) is 4.34. The van der Waals surface area contributed by atoms with Crippen LogP contribution in [0.1, 0.15) is 18.4 Å². The van der Waals surface area contributed by atoms with Gasteiger partial charge in [-0.1, -0.05) is 48.0 Å². The van der Waals surface area contributed by atoms with Crippen LogP contribution < -0.4 is 5.32 Å². The first-order valence-electron chi connectivity index (χ1n) is 8.06. The molecular formula is C19H21ClN2S. The van der Waals surface area contributed by atoms with Gasteiger partial charge in [-0.15, -0.1) is 0 Å². The summed E-state index contributed by atoms with van der Waals surface area (Å²) in [5.74, 6) is 0.752. The molecule has 0 spiro atoms. The van der Waals surface area contributed by atoms with E-state index in [0.29, 0.717) is 0 Å². The largest absolute Gasteiger partial charge is 0.349 e. The molecule has 0 radical (unpaired) electrons. The summed E-state index contributed by atoms with van der Waals surface area (Å²) in [6.07, 6.45) is 3.54. The number of hydrogen-bond acceptors (Lipinski definition) is 1. The number of benzene rings is 2. The van der Waals surface area contributed by atoms with Crippen LogP contribution in [-0.4, -0.2) is 23.1 Å². The van der Waals surface area contributed by atoms with Crippen molar-refractivity contribution in [2.45, 2.75) is 19.3 Å². The second-order valence-corrected chi connectivity index (χ2v) is 6.88. The summed E-state index contributed by atoms with van der Waals surface area (Å²) in [4.78, 5) is 2.26. The lowest BCUT2D eigenvalue weighted by Gasteiger charge is -2.34. The SMILES string of the molecule is S=C(Nc1cccc(Cl)c1)N1CCC(Cc2ccccc2)CC1.